The van der Waals surface area contributed by atoms with Crippen LogP contribution in [-0.4, -0.2) is 13.4 Å². The first-order chi connectivity index (χ1) is 6.70. The van der Waals surface area contributed by atoms with Gasteiger partial charge in [-0.05, 0) is 18.6 Å². The van der Waals surface area contributed by atoms with Crippen molar-refractivity contribution in [2.75, 3.05) is 7.11 Å². The number of ether oxygens (including phenoxy) is 1. The number of aldehydes is 1. The van der Waals surface area contributed by atoms with E-state index in [1.807, 2.05) is 0 Å². The molecule has 0 aliphatic carbocycles. The van der Waals surface area contributed by atoms with Gasteiger partial charge in [-0.15, -0.1) is 0 Å². The lowest BCUT2D eigenvalue weighted by atomic mass is 10.1. The Morgan fingerprint density at radius 1 is 1.57 bits per heavy atom. The van der Waals surface area contributed by atoms with Gasteiger partial charge in [0.15, 0.2) is 11.6 Å². The van der Waals surface area contributed by atoms with Crippen LogP contribution >= 0.6 is 15.9 Å². The first-order valence-corrected chi connectivity index (χ1v) is 4.94. The Balaban J connectivity index is 3.08. The Kier molecular flexibility index (Phi) is 4.07. The van der Waals surface area contributed by atoms with Gasteiger partial charge in [0.1, 0.15) is 6.29 Å². The van der Waals surface area contributed by atoms with Crippen LogP contribution in [0.2, 0.25) is 0 Å². The van der Waals surface area contributed by atoms with Crippen LogP contribution in [-0.2, 0) is 11.2 Å². The number of hydrogen-bond acceptors (Lipinski definition) is 2. The van der Waals surface area contributed by atoms with Crippen molar-refractivity contribution in [1.82, 2.24) is 0 Å². The molecule has 0 fully saturated rings. The zero-order valence-corrected chi connectivity index (χ0v) is 9.30. The highest BCUT2D eigenvalue weighted by atomic mass is 79.9. The van der Waals surface area contributed by atoms with Crippen LogP contribution < -0.4 is 4.74 Å². The van der Waals surface area contributed by atoms with Gasteiger partial charge in [-0.25, -0.2) is 4.39 Å². The molecule has 0 bridgehead atoms. The van der Waals surface area contributed by atoms with Crippen molar-refractivity contribution in [3.8, 4) is 5.75 Å². The molecule has 2 nitrogen and oxygen atoms in total. The van der Waals surface area contributed by atoms with Gasteiger partial charge < -0.3 is 9.53 Å². The quantitative estimate of drug-likeness (QED) is 0.779. The van der Waals surface area contributed by atoms with Gasteiger partial charge in [0.05, 0.1) is 7.11 Å². The molecule has 76 valence electrons. The second-order valence-corrected chi connectivity index (χ2v) is 3.60. The Bertz CT molecular complexity index is 339. The molecule has 0 saturated carbocycles. The number of methoxy groups -OCH3 is 1. The summed E-state index contributed by atoms with van der Waals surface area (Å²) in [6, 6.07) is 2.94. The molecule has 0 amide bonds. The normalized spacial score (nSPS) is 9.93. The molecule has 0 aliphatic rings. The average molecular weight is 261 g/mol. The Morgan fingerprint density at radius 2 is 2.29 bits per heavy atom. The van der Waals surface area contributed by atoms with E-state index in [9.17, 15) is 9.18 Å². The third-order valence-corrected chi connectivity index (χ3v) is 2.61. The number of carbonyl (C=O) groups excluding carboxylic acids is 1. The number of rotatable bonds is 4. The molecule has 4 heteroatoms. The highest BCUT2D eigenvalue weighted by molar-refractivity contribution is 9.10. The molecule has 0 unspecified atom stereocenters. The molecule has 0 N–H and O–H groups in total. The van der Waals surface area contributed by atoms with Gasteiger partial charge in [0.25, 0.3) is 0 Å². The first kappa shape index (κ1) is 11.2. The van der Waals surface area contributed by atoms with Crippen molar-refractivity contribution in [1.29, 1.82) is 0 Å². The van der Waals surface area contributed by atoms with Crippen molar-refractivity contribution >= 4 is 22.2 Å². The molecule has 0 aliphatic heterocycles. The fourth-order valence-electron chi connectivity index (χ4n) is 1.23. The maximum Gasteiger partial charge on any atom is 0.165 e. The van der Waals surface area contributed by atoms with Crippen molar-refractivity contribution < 1.29 is 13.9 Å². The van der Waals surface area contributed by atoms with Crippen molar-refractivity contribution in [2.24, 2.45) is 0 Å². The van der Waals surface area contributed by atoms with E-state index in [0.29, 0.717) is 18.4 Å². The van der Waals surface area contributed by atoms with E-state index in [1.165, 1.54) is 13.2 Å². The van der Waals surface area contributed by atoms with E-state index in [4.69, 9.17) is 4.74 Å². The first-order valence-electron chi connectivity index (χ1n) is 4.15. The molecule has 0 spiro atoms. The van der Waals surface area contributed by atoms with Crippen LogP contribution in [0.1, 0.15) is 12.0 Å². The fraction of sp³-hybridized carbons (Fsp3) is 0.300. The highest BCUT2D eigenvalue weighted by Crippen LogP contribution is 2.30. The van der Waals surface area contributed by atoms with E-state index in [2.05, 4.69) is 15.9 Å². The highest BCUT2D eigenvalue weighted by Gasteiger charge is 2.12. The van der Waals surface area contributed by atoms with Gasteiger partial charge in [0, 0.05) is 16.5 Å². The summed E-state index contributed by atoms with van der Waals surface area (Å²) in [6.45, 7) is 0. The summed E-state index contributed by atoms with van der Waals surface area (Å²) < 4.78 is 18.9. The predicted octanol–water partition coefficient (Wildman–Crippen LogP) is 2.73. The molecule has 1 aromatic rings. The third kappa shape index (κ3) is 2.32. The zero-order valence-electron chi connectivity index (χ0n) is 7.72. The standard InChI is InChI=1S/C10H10BrFO2/c1-14-10-7(3-2-6-13)8(11)4-5-9(10)12/h4-6H,2-3H2,1H3. The summed E-state index contributed by atoms with van der Waals surface area (Å²) in [5.74, 6) is -0.196. The smallest absolute Gasteiger partial charge is 0.165 e. The van der Waals surface area contributed by atoms with E-state index in [-0.39, 0.29) is 5.75 Å². The van der Waals surface area contributed by atoms with Crippen molar-refractivity contribution in [3.63, 3.8) is 0 Å². The zero-order chi connectivity index (χ0) is 10.6. The van der Waals surface area contributed by atoms with Crippen LogP contribution in [0.3, 0.4) is 0 Å². The number of carbonyl (C=O) groups is 1. The summed E-state index contributed by atoms with van der Waals surface area (Å²) in [6.07, 6.45) is 1.64. The Labute approximate surface area is 90.2 Å². The summed E-state index contributed by atoms with van der Waals surface area (Å²) in [5.41, 5.74) is 0.694. The number of benzene rings is 1. The van der Waals surface area contributed by atoms with Gasteiger partial charge in [0.2, 0.25) is 0 Å². The molecule has 0 aromatic heterocycles. The lowest BCUT2D eigenvalue weighted by molar-refractivity contribution is -0.107. The summed E-state index contributed by atoms with van der Waals surface area (Å²) in [7, 11) is 1.41. The maximum atomic E-state index is 13.2. The van der Waals surface area contributed by atoms with Crippen molar-refractivity contribution in [3.05, 3.63) is 28.0 Å². The molecule has 0 saturated heterocycles. The largest absolute Gasteiger partial charge is 0.493 e. The minimum Gasteiger partial charge on any atom is -0.493 e. The second-order valence-electron chi connectivity index (χ2n) is 2.75. The predicted molar refractivity (Wildman–Crippen MR) is 55.0 cm³/mol. The second kappa shape index (κ2) is 5.10. The maximum absolute atomic E-state index is 13.2. The van der Waals surface area contributed by atoms with Crippen LogP contribution in [0.25, 0.3) is 0 Å². The minimum atomic E-state index is -0.406. The SMILES string of the molecule is COc1c(F)ccc(Br)c1CCC=O. The summed E-state index contributed by atoms with van der Waals surface area (Å²) >= 11 is 3.29. The molecule has 1 aromatic carbocycles. The topological polar surface area (TPSA) is 26.3 Å². The van der Waals surface area contributed by atoms with Crippen molar-refractivity contribution in [2.45, 2.75) is 12.8 Å². The number of hydrogen-bond donors (Lipinski definition) is 0. The van der Waals surface area contributed by atoms with Crippen LogP contribution in [0.15, 0.2) is 16.6 Å². The van der Waals surface area contributed by atoms with E-state index in [1.54, 1.807) is 6.07 Å². The molecule has 0 radical (unpaired) electrons. The molecule has 14 heavy (non-hydrogen) atoms. The number of halogens is 2. The molecular formula is C10H10BrFO2. The minimum absolute atomic E-state index is 0.209. The Morgan fingerprint density at radius 3 is 2.86 bits per heavy atom. The fourth-order valence-corrected chi connectivity index (χ4v) is 1.74. The Hall–Kier alpha value is -0.900. The molecular weight excluding hydrogens is 251 g/mol. The van der Waals surface area contributed by atoms with Gasteiger partial charge in [-0.3, -0.25) is 0 Å². The van der Waals surface area contributed by atoms with Gasteiger partial charge in [-0.1, -0.05) is 15.9 Å². The average Bonchev–Trinajstić information content (AvgIpc) is 2.19. The lowest BCUT2D eigenvalue weighted by Gasteiger charge is -2.09. The monoisotopic (exact) mass is 260 g/mol. The summed E-state index contributed by atoms with van der Waals surface area (Å²) in [5, 5.41) is 0. The summed E-state index contributed by atoms with van der Waals surface area (Å²) in [4.78, 5) is 10.2. The van der Waals surface area contributed by atoms with E-state index in [0.717, 1.165) is 10.8 Å². The van der Waals surface area contributed by atoms with Crippen LogP contribution in [0, 0.1) is 5.82 Å². The lowest BCUT2D eigenvalue weighted by Crippen LogP contribution is -1.97. The molecule has 0 atom stereocenters. The van der Waals surface area contributed by atoms with E-state index < -0.39 is 5.82 Å². The van der Waals surface area contributed by atoms with E-state index >= 15 is 0 Å². The van der Waals surface area contributed by atoms with Crippen LogP contribution in [0.5, 0.6) is 5.75 Å². The van der Waals surface area contributed by atoms with Gasteiger partial charge >= 0.3 is 0 Å². The van der Waals surface area contributed by atoms with Crippen LogP contribution in [0.4, 0.5) is 4.39 Å². The molecule has 1 rings (SSSR count). The third-order valence-electron chi connectivity index (χ3n) is 1.87. The van der Waals surface area contributed by atoms with Gasteiger partial charge in [-0.2, -0.15) is 0 Å². The molecule has 0 heterocycles.